The molecule has 0 aromatic rings. The fourth-order valence-electron chi connectivity index (χ4n) is 1.39. The molecule has 4 heteroatoms. The first-order valence-electron chi connectivity index (χ1n) is 4.78. The van der Waals surface area contributed by atoms with Crippen molar-refractivity contribution >= 4 is 5.97 Å². The topological polar surface area (TPSA) is 62.0 Å². The Kier molecular flexibility index (Phi) is 3.63. The van der Waals surface area contributed by atoms with E-state index in [1.54, 1.807) is 0 Å². The molecule has 76 valence electrons. The molecule has 0 amide bonds. The van der Waals surface area contributed by atoms with Crippen molar-refractivity contribution in [2.45, 2.75) is 44.2 Å². The van der Waals surface area contributed by atoms with Gasteiger partial charge in [0.05, 0.1) is 0 Å². The molecule has 0 saturated heterocycles. The molecule has 1 heterocycles. The van der Waals surface area contributed by atoms with Crippen molar-refractivity contribution in [2.75, 3.05) is 0 Å². The lowest BCUT2D eigenvalue weighted by Crippen LogP contribution is -2.11. The number of aliphatic carboxylic acids is 1. The van der Waals surface area contributed by atoms with Crippen LogP contribution in [0.3, 0.4) is 0 Å². The Labute approximate surface area is 83.4 Å². The summed E-state index contributed by atoms with van der Waals surface area (Å²) in [6.07, 6.45) is 9.22. The Morgan fingerprint density at radius 3 is 2.50 bits per heavy atom. The summed E-state index contributed by atoms with van der Waals surface area (Å²) in [5, 5.41) is 16.4. The third-order valence-corrected chi connectivity index (χ3v) is 2.25. The minimum absolute atomic E-state index is 0.196. The van der Waals surface area contributed by atoms with E-state index in [0.29, 0.717) is 6.42 Å². The van der Waals surface area contributed by atoms with Crippen molar-refractivity contribution in [2.24, 2.45) is 10.2 Å². The monoisotopic (exact) mass is 194 g/mol. The fraction of sp³-hybridized carbons (Fsp3) is 0.700. The molecule has 0 spiro atoms. The van der Waals surface area contributed by atoms with E-state index >= 15 is 0 Å². The fourth-order valence-corrected chi connectivity index (χ4v) is 1.39. The van der Waals surface area contributed by atoms with Crippen molar-refractivity contribution < 1.29 is 9.90 Å². The van der Waals surface area contributed by atoms with Crippen LogP contribution >= 0.6 is 0 Å². The van der Waals surface area contributed by atoms with E-state index in [1.807, 2.05) is 0 Å². The average molecular weight is 194 g/mol. The lowest BCUT2D eigenvalue weighted by Gasteiger charge is -2.07. The second kappa shape index (κ2) is 4.75. The van der Waals surface area contributed by atoms with E-state index in [2.05, 4.69) is 16.1 Å². The van der Waals surface area contributed by atoms with E-state index in [-0.39, 0.29) is 12.1 Å². The molecule has 1 aliphatic rings. The SMILES string of the molecule is C#CCCCC1(CCCC(=O)O)N=N1. The highest BCUT2D eigenvalue weighted by Crippen LogP contribution is 2.38. The summed E-state index contributed by atoms with van der Waals surface area (Å²) < 4.78 is 0. The zero-order chi connectivity index (χ0) is 10.4. The highest BCUT2D eigenvalue weighted by molar-refractivity contribution is 5.66. The molecule has 4 nitrogen and oxygen atoms in total. The Morgan fingerprint density at radius 2 is 2.00 bits per heavy atom. The largest absolute Gasteiger partial charge is 0.481 e. The minimum Gasteiger partial charge on any atom is -0.481 e. The molecule has 14 heavy (non-hydrogen) atoms. The summed E-state index contributed by atoms with van der Waals surface area (Å²) in [4.78, 5) is 10.3. The van der Waals surface area contributed by atoms with Gasteiger partial charge in [-0.3, -0.25) is 4.79 Å². The van der Waals surface area contributed by atoms with Crippen LogP contribution in [0.5, 0.6) is 0 Å². The predicted octanol–water partition coefficient (Wildman–Crippen LogP) is 2.21. The van der Waals surface area contributed by atoms with Crippen molar-refractivity contribution in [3.63, 3.8) is 0 Å². The standard InChI is InChI=1S/C10H14N2O2/c1-2-3-4-7-10(11-12-10)8-5-6-9(13)14/h1H,3-8H2,(H,13,14). The van der Waals surface area contributed by atoms with Gasteiger partial charge in [-0.15, -0.1) is 12.3 Å². The van der Waals surface area contributed by atoms with Crippen LogP contribution in [0.4, 0.5) is 0 Å². The number of carboxylic acids is 1. The van der Waals surface area contributed by atoms with Crippen molar-refractivity contribution in [3.8, 4) is 12.3 Å². The molecular weight excluding hydrogens is 180 g/mol. The van der Waals surface area contributed by atoms with Gasteiger partial charge in [0.2, 0.25) is 0 Å². The van der Waals surface area contributed by atoms with Gasteiger partial charge in [-0.2, -0.15) is 10.2 Å². The zero-order valence-corrected chi connectivity index (χ0v) is 8.07. The molecule has 1 N–H and O–H groups in total. The van der Waals surface area contributed by atoms with Gasteiger partial charge in [0.1, 0.15) is 0 Å². The molecule has 0 aromatic heterocycles. The van der Waals surface area contributed by atoms with Crippen LogP contribution in [0.25, 0.3) is 0 Å². The van der Waals surface area contributed by atoms with Crippen LogP contribution in [-0.2, 0) is 4.79 Å². The first-order chi connectivity index (χ1) is 6.68. The summed E-state index contributed by atoms with van der Waals surface area (Å²) in [5.41, 5.74) is -0.272. The smallest absolute Gasteiger partial charge is 0.303 e. The number of hydrogen-bond acceptors (Lipinski definition) is 3. The van der Waals surface area contributed by atoms with Gasteiger partial charge in [0.15, 0.2) is 5.66 Å². The predicted molar refractivity (Wildman–Crippen MR) is 51.8 cm³/mol. The van der Waals surface area contributed by atoms with Gasteiger partial charge in [-0.1, -0.05) is 0 Å². The summed E-state index contributed by atoms with van der Waals surface area (Å²) in [5.74, 6) is 1.81. The Morgan fingerprint density at radius 1 is 1.36 bits per heavy atom. The van der Waals surface area contributed by atoms with Gasteiger partial charge in [-0.25, -0.2) is 0 Å². The molecular formula is C10H14N2O2. The van der Waals surface area contributed by atoms with Gasteiger partial charge >= 0.3 is 5.97 Å². The van der Waals surface area contributed by atoms with Crippen LogP contribution < -0.4 is 0 Å². The van der Waals surface area contributed by atoms with Crippen molar-refractivity contribution in [1.29, 1.82) is 0 Å². The molecule has 0 atom stereocenters. The summed E-state index contributed by atoms with van der Waals surface area (Å²) >= 11 is 0. The zero-order valence-electron chi connectivity index (χ0n) is 8.07. The van der Waals surface area contributed by atoms with Crippen LogP contribution in [0.1, 0.15) is 38.5 Å². The number of carbonyl (C=O) groups is 1. The Balaban J connectivity index is 2.10. The normalized spacial score (nSPS) is 16.2. The summed E-state index contributed by atoms with van der Waals surface area (Å²) in [6, 6.07) is 0. The van der Waals surface area contributed by atoms with E-state index in [9.17, 15) is 4.79 Å². The van der Waals surface area contributed by atoms with Gasteiger partial charge in [0, 0.05) is 12.8 Å². The molecule has 0 aliphatic carbocycles. The first-order valence-corrected chi connectivity index (χ1v) is 4.78. The first kappa shape index (κ1) is 10.7. The average Bonchev–Trinajstić information content (AvgIpc) is 2.85. The van der Waals surface area contributed by atoms with Crippen molar-refractivity contribution in [3.05, 3.63) is 0 Å². The molecule has 0 radical (unpaired) electrons. The third-order valence-electron chi connectivity index (χ3n) is 2.25. The van der Waals surface area contributed by atoms with E-state index in [0.717, 1.165) is 25.7 Å². The van der Waals surface area contributed by atoms with E-state index < -0.39 is 5.97 Å². The van der Waals surface area contributed by atoms with Crippen molar-refractivity contribution in [1.82, 2.24) is 0 Å². The van der Waals surface area contributed by atoms with E-state index in [1.165, 1.54) is 0 Å². The number of nitrogens with zero attached hydrogens (tertiary/aromatic N) is 2. The lowest BCUT2D eigenvalue weighted by atomic mass is 10.00. The van der Waals surface area contributed by atoms with Crippen LogP contribution in [0.2, 0.25) is 0 Å². The molecule has 1 rings (SSSR count). The summed E-state index contributed by atoms with van der Waals surface area (Å²) in [7, 11) is 0. The second-order valence-corrected chi connectivity index (χ2v) is 3.49. The highest BCUT2D eigenvalue weighted by atomic mass is 16.4. The van der Waals surface area contributed by atoms with Gasteiger partial charge < -0.3 is 5.11 Å². The minimum atomic E-state index is -0.760. The van der Waals surface area contributed by atoms with Crippen LogP contribution in [0, 0.1) is 12.3 Å². The molecule has 0 saturated carbocycles. The van der Waals surface area contributed by atoms with Crippen LogP contribution in [0.15, 0.2) is 10.2 Å². The number of rotatable bonds is 7. The number of carboxylic acid groups (broad SMARTS) is 1. The lowest BCUT2D eigenvalue weighted by molar-refractivity contribution is -0.137. The maximum atomic E-state index is 10.3. The van der Waals surface area contributed by atoms with Gasteiger partial charge in [0.25, 0.3) is 0 Å². The number of hydrogen-bond donors (Lipinski definition) is 1. The molecule has 0 aromatic carbocycles. The maximum absolute atomic E-state index is 10.3. The maximum Gasteiger partial charge on any atom is 0.303 e. The van der Waals surface area contributed by atoms with E-state index in [4.69, 9.17) is 11.5 Å². The number of unbranched alkanes of at least 4 members (excludes halogenated alkanes) is 1. The Hall–Kier alpha value is -1.37. The highest BCUT2D eigenvalue weighted by Gasteiger charge is 2.38. The third kappa shape index (κ3) is 3.56. The molecule has 0 bridgehead atoms. The number of terminal acetylenes is 1. The Bertz CT molecular complexity index is 272. The van der Waals surface area contributed by atoms with Gasteiger partial charge in [-0.05, 0) is 25.7 Å². The molecule has 0 unspecified atom stereocenters. The summed E-state index contributed by atoms with van der Waals surface area (Å²) in [6.45, 7) is 0. The molecule has 0 fully saturated rings. The van der Waals surface area contributed by atoms with Crippen LogP contribution in [-0.4, -0.2) is 16.7 Å². The second-order valence-electron chi connectivity index (χ2n) is 3.49. The quantitative estimate of drug-likeness (QED) is 0.499. The molecule has 1 aliphatic heterocycles.